The molecule has 7 heteroatoms. The van der Waals surface area contributed by atoms with Crippen LogP contribution < -0.4 is 15.4 Å². The number of hydrogen-bond donors (Lipinski definition) is 2. The third-order valence-corrected chi connectivity index (χ3v) is 5.38. The van der Waals surface area contributed by atoms with Crippen molar-refractivity contribution in [2.24, 2.45) is 0 Å². The van der Waals surface area contributed by atoms with Gasteiger partial charge in [-0.05, 0) is 37.6 Å². The summed E-state index contributed by atoms with van der Waals surface area (Å²) < 4.78 is 5.66. The van der Waals surface area contributed by atoms with E-state index in [9.17, 15) is 4.79 Å². The van der Waals surface area contributed by atoms with Crippen molar-refractivity contribution in [3.63, 3.8) is 0 Å². The molecule has 4 nitrogen and oxygen atoms in total. The van der Waals surface area contributed by atoms with Gasteiger partial charge < -0.3 is 15.4 Å². The van der Waals surface area contributed by atoms with Crippen molar-refractivity contribution >= 4 is 46.6 Å². The molecule has 0 spiro atoms. The number of halogens is 2. The van der Waals surface area contributed by atoms with E-state index in [0.29, 0.717) is 15.8 Å². The molecule has 0 radical (unpaired) electrons. The summed E-state index contributed by atoms with van der Waals surface area (Å²) in [6, 6.07) is 14.9. The second-order valence-corrected chi connectivity index (χ2v) is 7.95. The number of allylic oxidation sites excluding steroid dienone is 1. The summed E-state index contributed by atoms with van der Waals surface area (Å²) in [5, 5.41) is 7.16. The number of nitrogens with one attached hydrogen (secondary N) is 2. The monoisotopic (exact) mass is 408 g/mol. The zero-order valence-corrected chi connectivity index (χ0v) is 16.6. The fourth-order valence-corrected chi connectivity index (χ4v) is 3.97. The summed E-state index contributed by atoms with van der Waals surface area (Å²) in [6.45, 7) is 3.71. The minimum atomic E-state index is -0.697. The lowest BCUT2D eigenvalue weighted by atomic mass is 10.1. The Hall–Kier alpha value is -1.82. The first-order valence-electron chi connectivity index (χ1n) is 8.05. The Morgan fingerprint density at radius 1 is 1.23 bits per heavy atom. The van der Waals surface area contributed by atoms with Gasteiger partial charge in [-0.1, -0.05) is 65.3 Å². The van der Waals surface area contributed by atoms with Crippen molar-refractivity contribution in [1.82, 2.24) is 10.6 Å². The lowest BCUT2D eigenvalue weighted by molar-refractivity contribution is -0.127. The molecular weight excluding hydrogens is 391 g/mol. The van der Waals surface area contributed by atoms with Gasteiger partial charge in [-0.15, -0.1) is 0 Å². The number of thioether (sulfide) groups is 1. The van der Waals surface area contributed by atoms with Crippen molar-refractivity contribution in [2.75, 3.05) is 0 Å². The minimum absolute atomic E-state index is 0.233. The highest BCUT2D eigenvalue weighted by Gasteiger charge is 2.26. The molecule has 3 rings (SSSR count). The normalized spacial score (nSPS) is 17.6. The predicted octanol–water partition coefficient (Wildman–Crippen LogP) is 4.89. The van der Waals surface area contributed by atoms with Crippen molar-refractivity contribution in [1.29, 1.82) is 0 Å². The van der Waals surface area contributed by atoms with Crippen molar-refractivity contribution in [3.05, 3.63) is 69.0 Å². The maximum atomic E-state index is 12.5. The molecule has 0 saturated carbocycles. The average Bonchev–Trinajstić information content (AvgIpc) is 2.98. The Labute approximate surface area is 166 Å². The van der Waals surface area contributed by atoms with Crippen LogP contribution in [0.1, 0.15) is 19.4 Å². The fraction of sp³-hybridized carbons (Fsp3) is 0.211. The number of hydrogen-bond acceptors (Lipinski definition) is 4. The van der Waals surface area contributed by atoms with E-state index in [-0.39, 0.29) is 11.4 Å². The topological polar surface area (TPSA) is 50.4 Å². The summed E-state index contributed by atoms with van der Waals surface area (Å²) in [5.41, 5.74) is 1.87. The fourth-order valence-electron chi connectivity index (χ4n) is 2.52. The number of carbonyl (C=O) groups excluding carboxylic acids is 1. The minimum Gasteiger partial charge on any atom is -0.479 e. The Morgan fingerprint density at radius 2 is 1.96 bits per heavy atom. The molecule has 0 bridgehead atoms. The molecule has 0 aliphatic carbocycles. The number of carbonyl (C=O) groups is 1. The standard InChI is InChI=1S/C19H18Cl2N2O2S/c1-11(25-16-9-8-14(20)10-15(16)21)18(24)23-19-22-17(12(2)26-19)13-6-4-3-5-7-13/h3-11,19,22H,1-2H3,(H,23,24)/t11-,19+/m1/s1. The molecule has 26 heavy (non-hydrogen) atoms. The number of amides is 1. The van der Waals surface area contributed by atoms with Crippen LogP contribution in [0.25, 0.3) is 5.70 Å². The van der Waals surface area contributed by atoms with Crippen LogP contribution in [0.4, 0.5) is 0 Å². The van der Waals surface area contributed by atoms with Crippen LogP contribution >= 0.6 is 35.0 Å². The molecule has 1 heterocycles. The molecule has 0 unspecified atom stereocenters. The van der Waals surface area contributed by atoms with Crippen molar-refractivity contribution in [3.8, 4) is 5.75 Å². The summed E-state index contributed by atoms with van der Waals surface area (Å²) in [6.07, 6.45) is -0.697. The Morgan fingerprint density at radius 3 is 2.65 bits per heavy atom. The van der Waals surface area contributed by atoms with Gasteiger partial charge in [-0.25, -0.2) is 0 Å². The summed E-state index contributed by atoms with van der Waals surface area (Å²) >= 11 is 13.5. The molecule has 2 N–H and O–H groups in total. The SMILES string of the molecule is CC1=C(c2ccccc2)N[C@@H](NC(=O)[C@@H](C)Oc2ccc(Cl)cc2Cl)S1. The molecule has 2 aromatic carbocycles. The van der Waals surface area contributed by atoms with Crippen LogP contribution in [0.2, 0.25) is 10.0 Å². The van der Waals surface area contributed by atoms with E-state index in [1.807, 2.05) is 37.3 Å². The molecule has 2 aromatic rings. The number of benzene rings is 2. The van der Waals surface area contributed by atoms with Gasteiger partial charge in [0.2, 0.25) is 0 Å². The molecule has 1 amide bonds. The Kier molecular flexibility index (Phi) is 6.01. The van der Waals surface area contributed by atoms with Gasteiger partial charge >= 0.3 is 0 Å². The van der Waals surface area contributed by atoms with Crippen molar-refractivity contribution < 1.29 is 9.53 Å². The van der Waals surface area contributed by atoms with Gasteiger partial charge in [0.25, 0.3) is 5.91 Å². The van der Waals surface area contributed by atoms with Crippen LogP contribution in [0.5, 0.6) is 5.75 Å². The molecule has 2 atom stereocenters. The van der Waals surface area contributed by atoms with Crippen LogP contribution in [0.15, 0.2) is 53.4 Å². The quantitative estimate of drug-likeness (QED) is 0.739. The molecule has 136 valence electrons. The van der Waals surface area contributed by atoms with Crippen LogP contribution in [0, 0.1) is 0 Å². The maximum absolute atomic E-state index is 12.5. The van der Waals surface area contributed by atoms with Gasteiger partial charge in [-0.3, -0.25) is 4.79 Å². The van der Waals surface area contributed by atoms with E-state index in [0.717, 1.165) is 16.2 Å². The molecular formula is C19H18Cl2N2O2S. The molecule has 0 saturated heterocycles. The second-order valence-electron chi connectivity index (χ2n) is 5.78. The zero-order chi connectivity index (χ0) is 18.7. The van der Waals surface area contributed by atoms with E-state index in [2.05, 4.69) is 10.6 Å². The van der Waals surface area contributed by atoms with E-state index in [4.69, 9.17) is 27.9 Å². The van der Waals surface area contributed by atoms with Crippen LogP contribution in [-0.2, 0) is 4.79 Å². The predicted molar refractivity (Wildman–Crippen MR) is 108 cm³/mol. The highest BCUT2D eigenvalue weighted by atomic mass is 35.5. The summed E-state index contributed by atoms with van der Waals surface area (Å²) in [4.78, 5) is 13.6. The van der Waals surface area contributed by atoms with Gasteiger partial charge in [0, 0.05) is 9.93 Å². The molecule has 1 aliphatic rings. The van der Waals surface area contributed by atoms with E-state index < -0.39 is 6.10 Å². The summed E-state index contributed by atoms with van der Waals surface area (Å²) in [7, 11) is 0. The first kappa shape index (κ1) is 19.0. The van der Waals surface area contributed by atoms with Gasteiger partial charge in [-0.2, -0.15) is 0 Å². The smallest absolute Gasteiger partial charge is 0.263 e. The zero-order valence-electron chi connectivity index (χ0n) is 14.3. The first-order valence-corrected chi connectivity index (χ1v) is 9.69. The third kappa shape index (κ3) is 4.47. The Bertz CT molecular complexity index is 843. The van der Waals surface area contributed by atoms with E-state index in [1.165, 1.54) is 0 Å². The summed E-state index contributed by atoms with van der Waals surface area (Å²) in [5.74, 6) is 0.188. The second kappa shape index (κ2) is 8.25. The highest BCUT2D eigenvalue weighted by Crippen LogP contribution is 2.34. The molecule has 0 aromatic heterocycles. The number of rotatable bonds is 5. The van der Waals surface area contributed by atoms with E-state index in [1.54, 1.807) is 36.9 Å². The third-order valence-electron chi connectivity index (χ3n) is 3.82. The first-order chi connectivity index (χ1) is 12.4. The lowest BCUT2D eigenvalue weighted by Gasteiger charge is -2.19. The largest absolute Gasteiger partial charge is 0.479 e. The van der Waals surface area contributed by atoms with E-state index >= 15 is 0 Å². The van der Waals surface area contributed by atoms with Crippen LogP contribution in [-0.4, -0.2) is 17.5 Å². The van der Waals surface area contributed by atoms with Crippen LogP contribution in [0.3, 0.4) is 0 Å². The molecule has 1 aliphatic heterocycles. The van der Waals surface area contributed by atoms with Gasteiger partial charge in [0.1, 0.15) is 5.75 Å². The highest BCUT2D eigenvalue weighted by molar-refractivity contribution is 8.04. The van der Waals surface area contributed by atoms with Crippen molar-refractivity contribution in [2.45, 2.75) is 25.4 Å². The Balaban J connectivity index is 1.59. The average molecular weight is 409 g/mol. The number of ether oxygens (including phenoxy) is 1. The van der Waals surface area contributed by atoms with Gasteiger partial charge in [0.15, 0.2) is 11.6 Å². The van der Waals surface area contributed by atoms with Gasteiger partial charge in [0.05, 0.1) is 10.7 Å². The lowest BCUT2D eigenvalue weighted by Crippen LogP contribution is -2.45. The molecule has 0 fully saturated rings. The maximum Gasteiger partial charge on any atom is 0.263 e.